The first kappa shape index (κ1) is 17.7. The third kappa shape index (κ3) is 4.36. The van der Waals surface area contributed by atoms with Gasteiger partial charge in [-0.15, -0.1) is 0 Å². The number of carbonyl (C=O) groups is 1. The second-order valence-electron chi connectivity index (χ2n) is 7.02. The molecule has 7 nitrogen and oxygen atoms in total. The number of rotatable bonds is 4. The summed E-state index contributed by atoms with van der Waals surface area (Å²) in [5.74, 6) is 1.02. The van der Waals surface area contributed by atoms with E-state index in [9.17, 15) is 4.79 Å². The van der Waals surface area contributed by atoms with Crippen molar-refractivity contribution in [2.45, 2.75) is 0 Å². The third-order valence-electron chi connectivity index (χ3n) is 5.32. The summed E-state index contributed by atoms with van der Waals surface area (Å²) < 4.78 is 0. The molecule has 1 aromatic heterocycles. The number of hydrogen-bond acceptors (Lipinski definition) is 6. The van der Waals surface area contributed by atoms with Crippen LogP contribution in [0.4, 0.5) is 11.6 Å². The first-order valence-corrected chi connectivity index (χ1v) is 9.62. The topological polar surface area (TPSA) is 55.8 Å². The van der Waals surface area contributed by atoms with E-state index in [1.54, 1.807) is 12.4 Å². The summed E-state index contributed by atoms with van der Waals surface area (Å²) in [6.45, 7) is 7.36. The molecular weight excluding hydrogens is 340 g/mol. The van der Waals surface area contributed by atoms with Crippen molar-refractivity contribution in [3.8, 4) is 0 Å². The van der Waals surface area contributed by atoms with Crippen molar-refractivity contribution in [2.24, 2.45) is 0 Å². The maximum Gasteiger partial charge on any atom is 0.236 e. The lowest BCUT2D eigenvalue weighted by molar-refractivity contribution is -0.132. The second kappa shape index (κ2) is 8.35. The zero-order valence-corrected chi connectivity index (χ0v) is 15.6. The van der Waals surface area contributed by atoms with E-state index >= 15 is 0 Å². The highest BCUT2D eigenvalue weighted by Gasteiger charge is 2.25. The summed E-state index contributed by atoms with van der Waals surface area (Å²) in [4.78, 5) is 30.1. The normalized spacial score (nSPS) is 18.6. The minimum atomic E-state index is 0.243. The van der Waals surface area contributed by atoms with E-state index < -0.39 is 0 Å². The highest BCUT2D eigenvalue weighted by Crippen LogP contribution is 2.16. The molecule has 0 N–H and O–H groups in total. The molecule has 1 amide bonds. The lowest BCUT2D eigenvalue weighted by Crippen LogP contribution is -2.54. The van der Waals surface area contributed by atoms with Crippen molar-refractivity contribution < 1.29 is 4.79 Å². The molecule has 2 saturated heterocycles. The maximum absolute atomic E-state index is 12.7. The van der Waals surface area contributed by atoms with Crippen LogP contribution in [0.1, 0.15) is 0 Å². The molecule has 0 unspecified atom stereocenters. The van der Waals surface area contributed by atoms with Crippen LogP contribution in [0.25, 0.3) is 0 Å². The Bertz CT molecular complexity index is 725. The van der Waals surface area contributed by atoms with Gasteiger partial charge in [0.25, 0.3) is 0 Å². The maximum atomic E-state index is 12.7. The fraction of sp³-hybridized carbons (Fsp3) is 0.450. The van der Waals surface area contributed by atoms with Crippen molar-refractivity contribution in [2.75, 3.05) is 68.7 Å². The summed E-state index contributed by atoms with van der Waals surface area (Å²) >= 11 is 0. The van der Waals surface area contributed by atoms with Gasteiger partial charge in [0.05, 0.1) is 6.54 Å². The van der Waals surface area contributed by atoms with E-state index in [4.69, 9.17) is 0 Å². The first-order valence-electron chi connectivity index (χ1n) is 9.62. The molecule has 0 radical (unpaired) electrons. The van der Waals surface area contributed by atoms with Gasteiger partial charge < -0.3 is 14.7 Å². The summed E-state index contributed by atoms with van der Waals surface area (Å²) in [5, 5.41) is 0. The number of aromatic nitrogens is 2. The predicted molar refractivity (Wildman–Crippen MR) is 106 cm³/mol. The molecule has 3 heterocycles. The van der Waals surface area contributed by atoms with Crippen LogP contribution in [0.2, 0.25) is 0 Å². The van der Waals surface area contributed by atoms with Crippen molar-refractivity contribution in [3.05, 3.63) is 48.8 Å². The zero-order valence-electron chi connectivity index (χ0n) is 15.6. The minimum Gasteiger partial charge on any atom is -0.368 e. The standard InChI is InChI=1S/C20H26N6O/c27-19(25-15-13-24(14-16-25)18-5-2-1-3-6-18)17-23-9-11-26(12-10-23)20-21-7-4-8-22-20/h1-8H,9-17H2. The van der Waals surface area contributed by atoms with E-state index in [1.807, 2.05) is 17.0 Å². The number of hydrogen-bond donors (Lipinski definition) is 0. The summed E-state index contributed by atoms with van der Waals surface area (Å²) in [6, 6.07) is 12.3. The Balaban J connectivity index is 1.22. The molecule has 0 spiro atoms. The van der Waals surface area contributed by atoms with Crippen LogP contribution in [0.5, 0.6) is 0 Å². The number of anilines is 2. The molecule has 4 rings (SSSR count). The second-order valence-corrected chi connectivity index (χ2v) is 7.02. The lowest BCUT2D eigenvalue weighted by atomic mass is 10.2. The molecule has 2 aromatic rings. The van der Waals surface area contributed by atoms with Crippen LogP contribution < -0.4 is 9.80 Å². The highest BCUT2D eigenvalue weighted by molar-refractivity contribution is 5.78. The third-order valence-corrected chi connectivity index (χ3v) is 5.32. The molecule has 0 atom stereocenters. The van der Waals surface area contributed by atoms with Crippen LogP contribution in [0.15, 0.2) is 48.8 Å². The molecule has 0 aliphatic carbocycles. The molecule has 27 heavy (non-hydrogen) atoms. The van der Waals surface area contributed by atoms with E-state index in [2.05, 4.69) is 48.9 Å². The van der Waals surface area contributed by atoms with Gasteiger partial charge in [-0.25, -0.2) is 9.97 Å². The number of nitrogens with zero attached hydrogens (tertiary/aromatic N) is 6. The van der Waals surface area contributed by atoms with Crippen molar-refractivity contribution >= 4 is 17.5 Å². The van der Waals surface area contributed by atoms with Gasteiger partial charge in [-0.2, -0.15) is 0 Å². The van der Waals surface area contributed by atoms with E-state index in [0.29, 0.717) is 6.54 Å². The number of benzene rings is 1. The van der Waals surface area contributed by atoms with Crippen LogP contribution >= 0.6 is 0 Å². The summed E-state index contributed by atoms with van der Waals surface area (Å²) in [7, 11) is 0. The monoisotopic (exact) mass is 366 g/mol. The Labute approximate surface area is 160 Å². The van der Waals surface area contributed by atoms with E-state index in [-0.39, 0.29) is 5.91 Å². The zero-order chi connectivity index (χ0) is 18.5. The Morgan fingerprint density at radius 3 is 2.07 bits per heavy atom. The molecule has 2 aliphatic rings. The van der Waals surface area contributed by atoms with Crippen molar-refractivity contribution in [3.63, 3.8) is 0 Å². The van der Waals surface area contributed by atoms with Gasteiger partial charge in [0.15, 0.2) is 0 Å². The summed E-state index contributed by atoms with van der Waals surface area (Å²) in [5.41, 5.74) is 1.24. The average molecular weight is 366 g/mol. The van der Waals surface area contributed by atoms with Gasteiger partial charge >= 0.3 is 0 Å². The van der Waals surface area contributed by atoms with Gasteiger partial charge in [-0.05, 0) is 18.2 Å². The summed E-state index contributed by atoms with van der Waals surface area (Å²) in [6.07, 6.45) is 3.54. The van der Waals surface area contributed by atoms with Gasteiger partial charge in [0.2, 0.25) is 11.9 Å². The molecule has 1 aromatic carbocycles. The van der Waals surface area contributed by atoms with E-state index in [0.717, 1.165) is 58.3 Å². The lowest BCUT2D eigenvalue weighted by Gasteiger charge is -2.38. The number of carbonyl (C=O) groups excluding carboxylic acids is 1. The minimum absolute atomic E-state index is 0.243. The smallest absolute Gasteiger partial charge is 0.236 e. The van der Waals surface area contributed by atoms with Crippen LogP contribution in [0.3, 0.4) is 0 Å². The first-order chi connectivity index (χ1) is 13.3. The predicted octanol–water partition coefficient (Wildman–Crippen LogP) is 0.947. The van der Waals surface area contributed by atoms with Gasteiger partial charge in [-0.1, -0.05) is 18.2 Å². The molecular formula is C20H26N6O. The number of amides is 1. The Morgan fingerprint density at radius 2 is 1.41 bits per heavy atom. The van der Waals surface area contributed by atoms with Crippen LogP contribution in [0, 0.1) is 0 Å². The number of para-hydroxylation sites is 1. The molecule has 142 valence electrons. The molecule has 0 saturated carbocycles. The Morgan fingerprint density at radius 1 is 0.778 bits per heavy atom. The molecule has 7 heteroatoms. The van der Waals surface area contributed by atoms with Gasteiger partial charge in [0.1, 0.15) is 0 Å². The van der Waals surface area contributed by atoms with Gasteiger partial charge in [-0.3, -0.25) is 9.69 Å². The fourth-order valence-electron chi connectivity index (χ4n) is 3.70. The van der Waals surface area contributed by atoms with Crippen molar-refractivity contribution in [1.29, 1.82) is 0 Å². The van der Waals surface area contributed by atoms with Crippen molar-refractivity contribution in [1.82, 2.24) is 19.8 Å². The Kier molecular flexibility index (Phi) is 5.48. The van der Waals surface area contributed by atoms with Crippen LogP contribution in [-0.4, -0.2) is 84.6 Å². The molecule has 2 fully saturated rings. The molecule has 0 bridgehead atoms. The SMILES string of the molecule is O=C(CN1CCN(c2ncccn2)CC1)N1CCN(c2ccccc2)CC1. The molecule has 2 aliphatic heterocycles. The fourth-order valence-corrected chi connectivity index (χ4v) is 3.70. The average Bonchev–Trinajstić information content (AvgIpc) is 2.76. The highest BCUT2D eigenvalue weighted by atomic mass is 16.2. The number of piperazine rings is 2. The largest absolute Gasteiger partial charge is 0.368 e. The van der Waals surface area contributed by atoms with Gasteiger partial charge in [0, 0.05) is 70.4 Å². The quantitative estimate of drug-likeness (QED) is 0.803. The van der Waals surface area contributed by atoms with Crippen LogP contribution in [-0.2, 0) is 4.79 Å². The Hall–Kier alpha value is -2.67. The van der Waals surface area contributed by atoms with E-state index in [1.165, 1.54) is 5.69 Å².